The predicted octanol–water partition coefficient (Wildman–Crippen LogP) is 1.25. The Bertz CT molecular complexity index is 1250. The van der Waals surface area contributed by atoms with Crippen molar-refractivity contribution in [2.24, 2.45) is 4.36 Å². The van der Waals surface area contributed by atoms with Crippen molar-refractivity contribution in [3.8, 4) is 11.4 Å². The van der Waals surface area contributed by atoms with Crippen LogP contribution in [0.3, 0.4) is 0 Å². The minimum atomic E-state index is -2.70. The molecule has 5 rings (SSSR count). The van der Waals surface area contributed by atoms with Crippen LogP contribution in [0.2, 0.25) is 0 Å². The average molecular weight is 488 g/mol. The summed E-state index contributed by atoms with van der Waals surface area (Å²) in [6.07, 6.45) is 3.54. The van der Waals surface area contributed by atoms with Gasteiger partial charge in [0, 0.05) is 60.5 Å². The van der Waals surface area contributed by atoms with Gasteiger partial charge in [0.15, 0.2) is 11.6 Å². The van der Waals surface area contributed by atoms with Crippen molar-refractivity contribution in [3.63, 3.8) is 0 Å². The van der Waals surface area contributed by atoms with E-state index in [1.54, 1.807) is 11.1 Å². The highest BCUT2D eigenvalue weighted by atomic mass is 32.3. The van der Waals surface area contributed by atoms with Crippen molar-refractivity contribution in [3.05, 3.63) is 30.6 Å². The van der Waals surface area contributed by atoms with Gasteiger partial charge in [0.2, 0.25) is 5.91 Å². The molecule has 0 radical (unpaired) electrons. The fourth-order valence-corrected chi connectivity index (χ4v) is 6.42. The lowest BCUT2D eigenvalue weighted by Crippen LogP contribution is -2.47. The van der Waals surface area contributed by atoms with Crippen molar-refractivity contribution < 1.29 is 19.2 Å². The van der Waals surface area contributed by atoms with E-state index in [-0.39, 0.29) is 11.9 Å². The minimum absolute atomic E-state index is 0.139. The third kappa shape index (κ3) is 4.53. The Morgan fingerprint density at radius 2 is 2.12 bits per heavy atom. The number of aromatic amines is 1. The van der Waals surface area contributed by atoms with Crippen molar-refractivity contribution in [2.45, 2.75) is 13.0 Å². The summed E-state index contributed by atoms with van der Waals surface area (Å²) >= 11 is 0. The highest BCUT2D eigenvalue weighted by Crippen LogP contribution is 2.31. The number of nitrogens with zero attached hydrogens (tertiary/aromatic N) is 6. The number of aromatic nitrogens is 4. The van der Waals surface area contributed by atoms with Gasteiger partial charge in [0.25, 0.3) is 0 Å². The van der Waals surface area contributed by atoms with Gasteiger partial charge in [-0.05, 0) is 19.1 Å². The van der Waals surface area contributed by atoms with Gasteiger partial charge in [0.1, 0.15) is 18.1 Å². The molecule has 11 nitrogen and oxygen atoms in total. The van der Waals surface area contributed by atoms with E-state index in [1.165, 1.54) is 0 Å². The highest BCUT2D eigenvalue weighted by molar-refractivity contribution is 8.00. The van der Waals surface area contributed by atoms with Gasteiger partial charge in [-0.15, -0.1) is 0 Å². The number of aliphatic hydroxyl groups is 1. The summed E-state index contributed by atoms with van der Waals surface area (Å²) in [5.41, 5.74) is 1.58. The van der Waals surface area contributed by atoms with Crippen LogP contribution in [-0.2, 0) is 19.6 Å². The summed E-state index contributed by atoms with van der Waals surface area (Å²) in [4.78, 5) is 32.6. The number of ether oxygens (including phenoxy) is 1. The van der Waals surface area contributed by atoms with Crippen LogP contribution in [0.15, 0.2) is 35.0 Å². The Hall–Kier alpha value is -2.93. The first-order chi connectivity index (χ1) is 16.5. The first kappa shape index (κ1) is 22.8. The van der Waals surface area contributed by atoms with E-state index in [1.807, 2.05) is 24.4 Å². The van der Waals surface area contributed by atoms with E-state index >= 15 is 0 Å². The van der Waals surface area contributed by atoms with Crippen molar-refractivity contribution in [1.82, 2.24) is 24.8 Å². The molecule has 0 aromatic carbocycles. The van der Waals surface area contributed by atoms with Gasteiger partial charge in [0.05, 0.1) is 19.3 Å². The number of rotatable bonds is 4. The smallest absolute Gasteiger partial charge is 0.248 e. The Labute approximate surface area is 198 Å². The van der Waals surface area contributed by atoms with Crippen LogP contribution in [0.25, 0.3) is 22.4 Å². The van der Waals surface area contributed by atoms with Crippen LogP contribution in [0.5, 0.6) is 0 Å². The maximum absolute atomic E-state index is 11.8. The summed E-state index contributed by atoms with van der Waals surface area (Å²) in [6.45, 7) is 4.21. The molecule has 0 unspecified atom stereocenters. The first-order valence-electron chi connectivity index (χ1n) is 11.3. The lowest BCUT2D eigenvalue weighted by atomic mass is 10.1. The number of fused-ring (bicyclic) bond motifs is 1. The van der Waals surface area contributed by atoms with Gasteiger partial charge in [-0.2, -0.15) is 0 Å². The second kappa shape index (κ2) is 9.37. The number of nitrogens with one attached hydrogen (secondary N) is 1. The lowest BCUT2D eigenvalue weighted by Gasteiger charge is -2.36. The number of thiol groups is 1. The standard InChI is InChI=1S/C22H29N7O4S/c1-15-14-33-9-6-29(15)19-12-18(27-34(32)10-7-28(8-11-34)20(31)13-30)25-22(26-19)17-3-5-24-21-16(17)2-4-23-21/h2-5,12,15,30,34H,6-11,13-14H2,1H3,(H,23,24)(H,25,26,27,32)/t15-/m1/s1. The number of hydrogen-bond acceptors (Lipinski definition) is 8. The zero-order valence-corrected chi connectivity index (χ0v) is 19.9. The molecule has 3 aromatic heterocycles. The molecule has 1 atom stereocenters. The van der Waals surface area contributed by atoms with E-state index in [0.29, 0.717) is 56.0 Å². The molecule has 0 spiro atoms. The van der Waals surface area contributed by atoms with Gasteiger partial charge in [-0.3, -0.25) is 4.79 Å². The van der Waals surface area contributed by atoms with Crippen LogP contribution in [-0.4, -0.2) is 97.4 Å². The van der Waals surface area contributed by atoms with Crippen LogP contribution < -0.4 is 4.90 Å². The molecule has 1 amide bonds. The molecule has 2 aliphatic heterocycles. The molecule has 3 aromatic rings. The van der Waals surface area contributed by atoms with E-state index in [4.69, 9.17) is 24.2 Å². The second-order valence-corrected chi connectivity index (χ2v) is 11.4. The van der Waals surface area contributed by atoms with E-state index in [0.717, 1.165) is 22.4 Å². The molecule has 3 N–H and O–H groups in total. The molecule has 0 bridgehead atoms. The molecule has 12 heteroatoms. The summed E-state index contributed by atoms with van der Waals surface area (Å²) in [7, 11) is -2.70. The largest absolute Gasteiger partial charge is 0.387 e. The maximum Gasteiger partial charge on any atom is 0.248 e. The van der Waals surface area contributed by atoms with Crippen LogP contribution >= 0.6 is 0 Å². The second-order valence-electron chi connectivity index (χ2n) is 8.59. The third-order valence-electron chi connectivity index (χ3n) is 6.29. The Balaban J connectivity index is 1.56. The maximum atomic E-state index is 11.8. The minimum Gasteiger partial charge on any atom is -0.387 e. The molecule has 2 saturated heterocycles. The molecular weight excluding hydrogens is 458 g/mol. The predicted molar refractivity (Wildman–Crippen MR) is 132 cm³/mol. The molecular formula is C22H29N7O4S. The van der Waals surface area contributed by atoms with Gasteiger partial charge < -0.3 is 29.2 Å². The highest BCUT2D eigenvalue weighted by Gasteiger charge is 2.25. The molecule has 0 aliphatic carbocycles. The number of carbonyl (C=O) groups excluding carboxylic acids is 1. The number of hydrogen-bond donors (Lipinski definition) is 4. The zero-order valence-electron chi connectivity index (χ0n) is 19.0. The monoisotopic (exact) mass is 487 g/mol. The number of morpholine rings is 1. The normalized spacial score (nSPS) is 21.4. The fraction of sp³-hybridized carbons (Fsp3) is 0.455. The fourth-order valence-electron chi connectivity index (χ4n) is 4.39. The molecule has 34 heavy (non-hydrogen) atoms. The van der Waals surface area contributed by atoms with Gasteiger partial charge in [-0.1, -0.05) is 10.1 Å². The molecule has 2 fully saturated rings. The van der Waals surface area contributed by atoms with Crippen LogP contribution in [0.4, 0.5) is 11.6 Å². The van der Waals surface area contributed by atoms with E-state index < -0.39 is 16.7 Å². The number of amides is 1. The third-order valence-corrected chi connectivity index (χ3v) is 8.70. The Morgan fingerprint density at radius 3 is 2.88 bits per heavy atom. The molecule has 0 saturated carbocycles. The number of H-pyrrole nitrogens is 1. The zero-order chi connectivity index (χ0) is 23.7. The van der Waals surface area contributed by atoms with Crippen molar-refractivity contribution >= 4 is 38.7 Å². The first-order valence-corrected chi connectivity index (χ1v) is 13.4. The van der Waals surface area contributed by atoms with E-state index in [2.05, 4.69) is 21.8 Å². The molecule has 182 valence electrons. The van der Waals surface area contributed by atoms with Crippen LogP contribution in [0.1, 0.15) is 6.92 Å². The Kier molecular flexibility index (Phi) is 6.30. The summed E-state index contributed by atoms with van der Waals surface area (Å²) in [6, 6.07) is 5.78. The van der Waals surface area contributed by atoms with Gasteiger partial charge in [-0.25, -0.2) is 19.3 Å². The quantitative estimate of drug-likeness (QED) is 0.403. The molecule has 2 aliphatic rings. The van der Waals surface area contributed by atoms with Crippen LogP contribution in [0, 0.1) is 0 Å². The summed E-state index contributed by atoms with van der Waals surface area (Å²) in [5, 5.41) is 10.0. The van der Waals surface area contributed by atoms with Gasteiger partial charge >= 0.3 is 0 Å². The lowest BCUT2D eigenvalue weighted by molar-refractivity contribution is -0.133. The number of pyridine rings is 1. The van der Waals surface area contributed by atoms with Crippen molar-refractivity contribution in [1.29, 1.82) is 0 Å². The molecule has 5 heterocycles. The number of anilines is 1. The number of carbonyl (C=O) groups is 1. The number of aliphatic hydroxyl groups excluding tert-OH is 1. The SMILES string of the molecule is C[C@@H]1COCCN1c1cc(N=[SH]2(O)CCN(C(=O)CO)CC2)nc(-c2ccnc3[nH]ccc23)n1. The van der Waals surface area contributed by atoms with Crippen molar-refractivity contribution in [2.75, 3.05) is 55.9 Å². The Morgan fingerprint density at radius 1 is 1.29 bits per heavy atom. The average Bonchev–Trinajstić information content (AvgIpc) is 3.33. The topological polar surface area (TPSA) is 140 Å². The summed E-state index contributed by atoms with van der Waals surface area (Å²) in [5.74, 6) is 2.10. The summed E-state index contributed by atoms with van der Waals surface area (Å²) < 4.78 is 21.6. The van der Waals surface area contributed by atoms with E-state index in [9.17, 15) is 9.35 Å².